The number of ether oxygens (including phenoxy) is 2. The molecule has 0 aliphatic carbocycles. The molecule has 1 saturated heterocycles. The van der Waals surface area contributed by atoms with E-state index >= 15 is 0 Å². The highest BCUT2D eigenvalue weighted by atomic mass is 16.5. The third kappa shape index (κ3) is 5.72. The van der Waals surface area contributed by atoms with Gasteiger partial charge >= 0.3 is 0 Å². The van der Waals surface area contributed by atoms with Crippen molar-refractivity contribution in [3.05, 3.63) is 23.8 Å². The van der Waals surface area contributed by atoms with Crippen molar-refractivity contribution < 1.29 is 14.3 Å². The topological polar surface area (TPSA) is 77.9 Å². The van der Waals surface area contributed by atoms with E-state index in [1.807, 2.05) is 6.92 Å². The third-order valence-corrected chi connectivity index (χ3v) is 4.14. The summed E-state index contributed by atoms with van der Waals surface area (Å²) in [6, 6.07) is 5.28. The first-order valence-corrected chi connectivity index (χ1v) is 8.64. The van der Waals surface area contributed by atoms with Gasteiger partial charge in [0.05, 0.1) is 25.8 Å². The van der Waals surface area contributed by atoms with Gasteiger partial charge in [0.15, 0.2) is 0 Å². The Hall–Kier alpha value is -2.12. The number of carbonyl (C=O) groups is 1. The number of nitrogens with one attached hydrogen (secondary N) is 2. The van der Waals surface area contributed by atoms with Gasteiger partial charge in [-0.05, 0) is 31.7 Å². The number of amides is 1. The fraction of sp³-hybridized carbons (Fsp3) is 0.556. The number of benzene rings is 1. The van der Waals surface area contributed by atoms with Gasteiger partial charge in [-0.1, -0.05) is 6.92 Å². The number of nitrogens with zero attached hydrogens (tertiary/aromatic N) is 2. The second-order valence-electron chi connectivity index (χ2n) is 6.22. The molecule has 0 bridgehead atoms. The van der Waals surface area contributed by atoms with Crippen LogP contribution in [0, 0.1) is 5.41 Å². The average Bonchev–Trinajstić information content (AvgIpc) is 2.61. The van der Waals surface area contributed by atoms with Crippen molar-refractivity contribution in [1.82, 2.24) is 9.80 Å². The molecule has 2 N–H and O–H groups in total. The summed E-state index contributed by atoms with van der Waals surface area (Å²) < 4.78 is 10.7. The van der Waals surface area contributed by atoms with Crippen molar-refractivity contribution in [2.45, 2.75) is 13.3 Å². The monoisotopic (exact) mass is 348 g/mol. The summed E-state index contributed by atoms with van der Waals surface area (Å²) in [5.74, 6) is 0.550. The van der Waals surface area contributed by atoms with Crippen LogP contribution in [0.1, 0.15) is 18.9 Å². The normalized spacial score (nSPS) is 15.6. The molecule has 0 saturated carbocycles. The largest absolute Gasteiger partial charge is 0.493 e. The van der Waals surface area contributed by atoms with E-state index in [1.54, 1.807) is 18.2 Å². The first kappa shape index (κ1) is 19.2. The number of rotatable bonds is 7. The molecule has 1 aromatic carbocycles. The second-order valence-corrected chi connectivity index (χ2v) is 6.22. The first-order chi connectivity index (χ1) is 12.0. The van der Waals surface area contributed by atoms with Crippen molar-refractivity contribution in [2.75, 3.05) is 58.8 Å². The summed E-state index contributed by atoms with van der Waals surface area (Å²) in [6.45, 7) is 6.71. The van der Waals surface area contributed by atoms with Gasteiger partial charge in [-0.3, -0.25) is 15.1 Å². The van der Waals surface area contributed by atoms with Crippen molar-refractivity contribution in [3.8, 4) is 5.75 Å². The van der Waals surface area contributed by atoms with E-state index in [0.29, 0.717) is 30.2 Å². The smallest absolute Gasteiger partial charge is 0.238 e. The number of carbonyl (C=O) groups excluding carboxylic acids is 1. The predicted octanol–water partition coefficient (Wildman–Crippen LogP) is 1.63. The molecule has 7 nitrogen and oxygen atoms in total. The number of hydrogen-bond donors (Lipinski definition) is 2. The van der Waals surface area contributed by atoms with E-state index in [0.717, 1.165) is 32.6 Å². The molecule has 0 aromatic heterocycles. The number of hydrogen-bond acceptors (Lipinski definition) is 6. The molecule has 25 heavy (non-hydrogen) atoms. The average molecular weight is 348 g/mol. The SMILES string of the molecule is CCCOc1ccc(NC(=O)CN2CCN(C)CC2)cc1C(=N)OC. The van der Waals surface area contributed by atoms with Crippen molar-refractivity contribution in [2.24, 2.45) is 0 Å². The van der Waals surface area contributed by atoms with Crippen LogP contribution in [0.15, 0.2) is 18.2 Å². The van der Waals surface area contributed by atoms with Gasteiger partial charge in [-0.25, -0.2) is 0 Å². The Labute approximate surface area is 149 Å². The Balaban J connectivity index is 2.00. The predicted molar refractivity (Wildman–Crippen MR) is 98.6 cm³/mol. The van der Waals surface area contributed by atoms with Crippen LogP contribution in [0.5, 0.6) is 5.75 Å². The number of piperazine rings is 1. The highest BCUT2D eigenvalue weighted by Gasteiger charge is 2.17. The van der Waals surface area contributed by atoms with Gasteiger partial charge in [-0.15, -0.1) is 0 Å². The van der Waals surface area contributed by atoms with Gasteiger partial charge in [0.1, 0.15) is 5.75 Å². The van der Waals surface area contributed by atoms with E-state index in [-0.39, 0.29) is 11.8 Å². The molecule has 1 aliphatic heterocycles. The van der Waals surface area contributed by atoms with Crippen LogP contribution in [-0.2, 0) is 9.53 Å². The fourth-order valence-electron chi connectivity index (χ4n) is 2.64. The van der Waals surface area contributed by atoms with Crippen LogP contribution in [0.2, 0.25) is 0 Å². The fourth-order valence-corrected chi connectivity index (χ4v) is 2.64. The zero-order chi connectivity index (χ0) is 18.2. The lowest BCUT2D eigenvalue weighted by Crippen LogP contribution is -2.47. The van der Waals surface area contributed by atoms with Crippen LogP contribution in [0.4, 0.5) is 5.69 Å². The Kier molecular flexibility index (Phi) is 7.21. The van der Waals surface area contributed by atoms with E-state index in [4.69, 9.17) is 14.9 Å². The summed E-state index contributed by atoms with van der Waals surface area (Å²) in [7, 11) is 3.54. The Morgan fingerprint density at radius 2 is 2.00 bits per heavy atom. The highest BCUT2D eigenvalue weighted by molar-refractivity contribution is 5.98. The maximum Gasteiger partial charge on any atom is 0.238 e. The molecular weight excluding hydrogens is 320 g/mol. The van der Waals surface area contributed by atoms with Crippen LogP contribution in [0.3, 0.4) is 0 Å². The van der Waals surface area contributed by atoms with Crippen LogP contribution >= 0.6 is 0 Å². The molecule has 0 spiro atoms. The Morgan fingerprint density at radius 1 is 1.28 bits per heavy atom. The number of anilines is 1. The van der Waals surface area contributed by atoms with Crippen LogP contribution in [0.25, 0.3) is 0 Å². The van der Waals surface area contributed by atoms with Gasteiger partial charge in [0, 0.05) is 31.9 Å². The lowest BCUT2D eigenvalue weighted by atomic mass is 10.1. The zero-order valence-electron chi connectivity index (χ0n) is 15.3. The molecule has 1 fully saturated rings. The first-order valence-electron chi connectivity index (χ1n) is 8.64. The molecule has 0 atom stereocenters. The molecular formula is C18H28N4O3. The van der Waals surface area contributed by atoms with Crippen LogP contribution in [-0.4, -0.2) is 75.1 Å². The molecule has 1 aliphatic rings. The lowest BCUT2D eigenvalue weighted by molar-refractivity contribution is -0.117. The van der Waals surface area contributed by atoms with Crippen molar-refractivity contribution in [3.63, 3.8) is 0 Å². The minimum absolute atomic E-state index is 0.0151. The summed E-state index contributed by atoms with van der Waals surface area (Å²) in [6.07, 6.45) is 0.878. The minimum Gasteiger partial charge on any atom is -0.493 e. The van der Waals surface area contributed by atoms with Gasteiger partial charge < -0.3 is 19.7 Å². The second kappa shape index (κ2) is 9.39. The maximum absolute atomic E-state index is 12.3. The molecule has 1 amide bonds. The molecule has 138 valence electrons. The lowest BCUT2D eigenvalue weighted by Gasteiger charge is -2.31. The molecule has 7 heteroatoms. The summed E-state index contributed by atoms with van der Waals surface area (Å²) in [5, 5.41) is 10.8. The minimum atomic E-state index is -0.0540. The van der Waals surface area contributed by atoms with Gasteiger partial charge in [0.2, 0.25) is 11.8 Å². The highest BCUT2D eigenvalue weighted by Crippen LogP contribution is 2.24. The van der Waals surface area contributed by atoms with Crippen LogP contribution < -0.4 is 10.1 Å². The summed E-state index contributed by atoms with van der Waals surface area (Å²) in [4.78, 5) is 16.7. The number of likely N-dealkylation sites (N-methyl/N-ethyl adjacent to an activating group) is 1. The summed E-state index contributed by atoms with van der Waals surface area (Å²) >= 11 is 0. The maximum atomic E-state index is 12.3. The van der Waals surface area contributed by atoms with Gasteiger partial charge in [0.25, 0.3) is 0 Å². The molecule has 1 heterocycles. The molecule has 0 radical (unpaired) electrons. The van der Waals surface area contributed by atoms with E-state index in [1.165, 1.54) is 7.11 Å². The van der Waals surface area contributed by atoms with Crippen molar-refractivity contribution >= 4 is 17.5 Å². The standard InChI is InChI=1S/C18H28N4O3/c1-4-11-25-16-6-5-14(12-15(16)18(19)24-3)20-17(23)13-22-9-7-21(2)8-10-22/h5-6,12,19H,4,7-11,13H2,1-3H3,(H,20,23). The van der Waals surface area contributed by atoms with E-state index in [2.05, 4.69) is 22.2 Å². The molecule has 2 rings (SSSR count). The van der Waals surface area contributed by atoms with E-state index in [9.17, 15) is 4.79 Å². The van der Waals surface area contributed by atoms with Gasteiger partial charge in [-0.2, -0.15) is 0 Å². The third-order valence-electron chi connectivity index (χ3n) is 4.14. The summed E-state index contributed by atoms with van der Waals surface area (Å²) in [5.41, 5.74) is 1.17. The van der Waals surface area contributed by atoms with Crippen molar-refractivity contribution in [1.29, 1.82) is 5.41 Å². The molecule has 0 unspecified atom stereocenters. The zero-order valence-corrected chi connectivity index (χ0v) is 15.3. The Morgan fingerprint density at radius 3 is 2.64 bits per heavy atom. The quantitative estimate of drug-likeness (QED) is 0.578. The Bertz CT molecular complexity index is 598. The van der Waals surface area contributed by atoms with E-state index < -0.39 is 0 Å². The number of methoxy groups -OCH3 is 1. The molecule has 1 aromatic rings.